The second kappa shape index (κ2) is 7.23. The minimum absolute atomic E-state index is 0.0376. The highest BCUT2D eigenvalue weighted by Crippen LogP contribution is 2.43. The molecule has 1 aliphatic carbocycles. The van der Waals surface area contributed by atoms with Crippen molar-refractivity contribution in [3.8, 4) is 5.88 Å². The van der Waals surface area contributed by atoms with Crippen molar-refractivity contribution >= 4 is 5.91 Å². The fourth-order valence-electron chi connectivity index (χ4n) is 3.45. The van der Waals surface area contributed by atoms with E-state index in [2.05, 4.69) is 10.3 Å². The van der Waals surface area contributed by atoms with Gasteiger partial charge in [-0.2, -0.15) is 0 Å². The quantitative estimate of drug-likeness (QED) is 0.848. The number of benzene rings is 1. The van der Waals surface area contributed by atoms with Crippen molar-refractivity contribution < 1.29 is 14.6 Å². The lowest BCUT2D eigenvalue weighted by Gasteiger charge is -2.47. The molecule has 0 spiro atoms. The Morgan fingerprint density at radius 2 is 2.00 bits per heavy atom. The van der Waals surface area contributed by atoms with Crippen molar-refractivity contribution in [3.05, 3.63) is 59.3 Å². The van der Waals surface area contributed by atoms with E-state index in [0.717, 1.165) is 24.1 Å². The van der Waals surface area contributed by atoms with Gasteiger partial charge in [-0.25, -0.2) is 4.98 Å². The molecule has 1 saturated carbocycles. The van der Waals surface area contributed by atoms with Crippen LogP contribution in [0.1, 0.15) is 41.4 Å². The zero-order valence-electron chi connectivity index (χ0n) is 14.7. The van der Waals surface area contributed by atoms with Crippen LogP contribution in [-0.4, -0.2) is 35.3 Å². The highest BCUT2D eigenvalue weighted by Gasteiger charge is 2.45. The molecule has 3 rings (SSSR count). The minimum Gasteiger partial charge on any atom is -0.477 e. The van der Waals surface area contributed by atoms with Crippen LogP contribution < -0.4 is 10.1 Å². The van der Waals surface area contributed by atoms with E-state index in [4.69, 9.17) is 4.74 Å². The van der Waals surface area contributed by atoms with Crippen molar-refractivity contribution in [2.24, 2.45) is 0 Å². The number of hydrogen-bond acceptors (Lipinski definition) is 4. The summed E-state index contributed by atoms with van der Waals surface area (Å²) in [5.41, 5.74) is 2.13. The first-order chi connectivity index (χ1) is 12.1. The van der Waals surface area contributed by atoms with E-state index in [1.807, 2.05) is 44.2 Å². The van der Waals surface area contributed by atoms with E-state index in [-0.39, 0.29) is 24.0 Å². The maximum atomic E-state index is 12.6. The second-order valence-electron chi connectivity index (χ2n) is 6.62. The minimum atomic E-state index is -0.256. The van der Waals surface area contributed by atoms with Crippen LogP contribution in [0.2, 0.25) is 0 Å². The Balaban J connectivity index is 1.68. The first-order valence-corrected chi connectivity index (χ1v) is 8.65. The van der Waals surface area contributed by atoms with Gasteiger partial charge < -0.3 is 15.2 Å². The van der Waals surface area contributed by atoms with Crippen molar-refractivity contribution in [2.45, 2.75) is 38.1 Å². The van der Waals surface area contributed by atoms with Crippen molar-refractivity contribution in [1.29, 1.82) is 0 Å². The number of ether oxygens (including phenoxy) is 1. The van der Waals surface area contributed by atoms with E-state index >= 15 is 0 Å². The molecule has 1 fully saturated rings. The predicted octanol–water partition coefficient (Wildman–Crippen LogP) is 2.61. The number of carbonyl (C=O) groups excluding carboxylic acids is 1. The first kappa shape index (κ1) is 17.4. The lowest BCUT2D eigenvalue weighted by atomic mass is 9.62. The summed E-state index contributed by atoms with van der Waals surface area (Å²) in [4.78, 5) is 16.9. The van der Waals surface area contributed by atoms with Gasteiger partial charge in [-0.05, 0) is 44.4 Å². The standard InChI is InChI=1S/C20H24N2O3/c1-3-25-19-17(10-9-14(2)21-19)18(24)22-16-11-20(12-16,13-23)15-7-5-4-6-8-15/h4-10,16,23H,3,11-13H2,1-2H3,(H,22,24). The molecule has 0 bridgehead atoms. The summed E-state index contributed by atoms with van der Waals surface area (Å²) < 4.78 is 5.49. The van der Waals surface area contributed by atoms with Gasteiger partial charge in [0.2, 0.25) is 5.88 Å². The molecule has 1 aromatic carbocycles. The molecule has 2 N–H and O–H groups in total. The Labute approximate surface area is 148 Å². The molecule has 0 atom stereocenters. The zero-order valence-corrected chi connectivity index (χ0v) is 14.7. The van der Waals surface area contributed by atoms with Crippen LogP contribution in [0, 0.1) is 6.92 Å². The van der Waals surface area contributed by atoms with E-state index < -0.39 is 0 Å². The predicted molar refractivity (Wildman–Crippen MR) is 95.8 cm³/mol. The summed E-state index contributed by atoms with van der Waals surface area (Å²) in [6, 6.07) is 13.6. The molecular formula is C20H24N2O3. The largest absolute Gasteiger partial charge is 0.477 e. The van der Waals surface area contributed by atoms with Gasteiger partial charge in [-0.15, -0.1) is 0 Å². The Bertz CT molecular complexity index is 740. The Hall–Kier alpha value is -2.40. The molecule has 0 saturated heterocycles. The van der Waals surface area contributed by atoms with Crippen molar-refractivity contribution in [2.75, 3.05) is 13.2 Å². The summed E-state index contributed by atoms with van der Waals surface area (Å²) in [5, 5.41) is 12.9. The molecule has 0 unspecified atom stereocenters. The third kappa shape index (κ3) is 3.51. The van der Waals surface area contributed by atoms with Crippen LogP contribution in [0.5, 0.6) is 5.88 Å². The SMILES string of the molecule is CCOc1nc(C)ccc1C(=O)NC1CC(CO)(c2ccccc2)C1. The van der Waals surface area contributed by atoms with Gasteiger partial charge in [0.15, 0.2) is 0 Å². The molecule has 1 aliphatic rings. The van der Waals surface area contributed by atoms with E-state index in [0.29, 0.717) is 18.1 Å². The Morgan fingerprint density at radius 1 is 1.28 bits per heavy atom. The van der Waals surface area contributed by atoms with Crippen LogP contribution >= 0.6 is 0 Å². The summed E-state index contributed by atoms with van der Waals surface area (Å²) in [7, 11) is 0. The normalized spacial score (nSPS) is 22.1. The lowest BCUT2D eigenvalue weighted by Crippen LogP contribution is -2.55. The van der Waals surface area contributed by atoms with Gasteiger partial charge in [0.1, 0.15) is 5.56 Å². The first-order valence-electron chi connectivity index (χ1n) is 8.65. The van der Waals surface area contributed by atoms with Crippen LogP contribution in [-0.2, 0) is 5.41 Å². The molecule has 1 amide bonds. The number of carbonyl (C=O) groups is 1. The molecule has 25 heavy (non-hydrogen) atoms. The fourth-order valence-corrected chi connectivity index (χ4v) is 3.45. The van der Waals surface area contributed by atoms with Crippen molar-refractivity contribution in [3.63, 3.8) is 0 Å². The van der Waals surface area contributed by atoms with Gasteiger partial charge in [-0.3, -0.25) is 4.79 Å². The molecule has 1 heterocycles. The Morgan fingerprint density at radius 3 is 2.64 bits per heavy atom. The van der Waals surface area contributed by atoms with Gasteiger partial charge in [0.25, 0.3) is 5.91 Å². The van der Waals surface area contributed by atoms with Crippen LogP contribution in [0.3, 0.4) is 0 Å². The van der Waals surface area contributed by atoms with Gasteiger partial charge in [-0.1, -0.05) is 30.3 Å². The van der Waals surface area contributed by atoms with Gasteiger partial charge in [0.05, 0.1) is 13.2 Å². The number of nitrogens with one attached hydrogen (secondary N) is 1. The number of nitrogens with zero attached hydrogens (tertiary/aromatic N) is 1. The highest BCUT2D eigenvalue weighted by molar-refractivity contribution is 5.96. The van der Waals surface area contributed by atoms with Gasteiger partial charge >= 0.3 is 0 Å². The average molecular weight is 340 g/mol. The number of hydrogen-bond donors (Lipinski definition) is 2. The Kier molecular flexibility index (Phi) is 5.04. The molecule has 2 aromatic rings. The topological polar surface area (TPSA) is 71.5 Å². The van der Waals surface area contributed by atoms with Crippen LogP contribution in [0.15, 0.2) is 42.5 Å². The number of amides is 1. The van der Waals surface area contributed by atoms with Crippen LogP contribution in [0.4, 0.5) is 0 Å². The summed E-state index contributed by atoms with van der Waals surface area (Å²) in [6.07, 6.45) is 1.45. The third-order valence-corrected chi connectivity index (χ3v) is 4.82. The van der Waals surface area contributed by atoms with Crippen LogP contribution in [0.25, 0.3) is 0 Å². The fraction of sp³-hybridized carbons (Fsp3) is 0.400. The van der Waals surface area contributed by atoms with E-state index in [9.17, 15) is 9.90 Å². The number of pyridine rings is 1. The molecule has 1 aromatic heterocycles. The summed E-state index contributed by atoms with van der Waals surface area (Å²) in [6.45, 7) is 4.28. The third-order valence-electron chi connectivity index (χ3n) is 4.82. The van der Waals surface area contributed by atoms with Gasteiger partial charge in [0, 0.05) is 17.2 Å². The average Bonchev–Trinajstić information content (AvgIpc) is 2.59. The monoisotopic (exact) mass is 340 g/mol. The number of aliphatic hydroxyl groups excluding tert-OH is 1. The zero-order chi connectivity index (χ0) is 17.9. The molecular weight excluding hydrogens is 316 g/mol. The maximum Gasteiger partial charge on any atom is 0.256 e. The summed E-state index contributed by atoms with van der Waals surface area (Å²) in [5.74, 6) is 0.191. The maximum absolute atomic E-state index is 12.6. The smallest absolute Gasteiger partial charge is 0.256 e. The number of aliphatic hydroxyl groups is 1. The molecule has 0 aliphatic heterocycles. The summed E-state index contributed by atoms with van der Waals surface area (Å²) >= 11 is 0. The van der Waals surface area contributed by atoms with E-state index in [1.54, 1.807) is 12.1 Å². The molecule has 0 radical (unpaired) electrons. The second-order valence-corrected chi connectivity index (χ2v) is 6.62. The molecule has 5 nitrogen and oxygen atoms in total. The lowest BCUT2D eigenvalue weighted by molar-refractivity contribution is 0.0698. The number of aromatic nitrogens is 1. The number of aryl methyl sites for hydroxylation is 1. The molecule has 5 heteroatoms. The van der Waals surface area contributed by atoms with E-state index in [1.165, 1.54) is 0 Å². The number of rotatable bonds is 6. The molecule has 132 valence electrons. The highest BCUT2D eigenvalue weighted by atomic mass is 16.5. The van der Waals surface area contributed by atoms with Crippen molar-refractivity contribution in [1.82, 2.24) is 10.3 Å².